The van der Waals surface area contributed by atoms with E-state index < -0.39 is 5.97 Å². The van der Waals surface area contributed by atoms with Gasteiger partial charge < -0.3 is 10.4 Å². The summed E-state index contributed by atoms with van der Waals surface area (Å²) in [4.78, 5) is 29.0. The average Bonchev–Trinajstić information content (AvgIpc) is 3.42. The van der Waals surface area contributed by atoms with Crippen molar-refractivity contribution < 1.29 is 14.7 Å². The van der Waals surface area contributed by atoms with Crippen LogP contribution < -0.4 is 5.32 Å². The summed E-state index contributed by atoms with van der Waals surface area (Å²) < 4.78 is 1.96. The standard InChI is InChI=1S/C29H40N4O3/c1-28(2,3)21-12-19(13-22(16-21)29(4)10-11-29)25-31-24(26(34)30-23-14-20(15-23)27(35)36)32-33(25)17-18-8-6-5-7-9-18/h12-13,16,18,20,23H,5-11,14-15,17H2,1-4H3,(H,30,34)(H,35,36). The molecule has 1 aromatic heterocycles. The molecule has 0 atom stereocenters. The smallest absolute Gasteiger partial charge is 0.306 e. The number of amides is 1. The zero-order valence-corrected chi connectivity index (χ0v) is 22.1. The van der Waals surface area contributed by atoms with Gasteiger partial charge in [-0.05, 0) is 78.5 Å². The Labute approximate surface area is 214 Å². The number of nitrogens with zero attached hydrogens (tertiary/aromatic N) is 3. The van der Waals surface area contributed by atoms with Crippen LogP contribution in [0.5, 0.6) is 0 Å². The number of carbonyl (C=O) groups excluding carboxylic acids is 1. The summed E-state index contributed by atoms with van der Waals surface area (Å²) in [6.07, 6.45) is 9.48. The largest absolute Gasteiger partial charge is 0.481 e. The molecule has 3 aliphatic rings. The lowest BCUT2D eigenvalue weighted by Crippen LogP contribution is -2.47. The van der Waals surface area contributed by atoms with Gasteiger partial charge in [-0.15, -0.1) is 5.10 Å². The first-order valence-corrected chi connectivity index (χ1v) is 13.7. The van der Waals surface area contributed by atoms with Crippen LogP contribution in [0.15, 0.2) is 18.2 Å². The van der Waals surface area contributed by atoms with Crippen molar-refractivity contribution in [2.75, 3.05) is 0 Å². The van der Waals surface area contributed by atoms with E-state index in [1.165, 1.54) is 56.1 Å². The lowest BCUT2D eigenvalue weighted by molar-refractivity contribution is -0.145. The number of rotatable bonds is 7. The van der Waals surface area contributed by atoms with Crippen molar-refractivity contribution in [1.82, 2.24) is 20.1 Å². The van der Waals surface area contributed by atoms with Crippen LogP contribution in [0.25, 0.3) is 11.4 Å². The summed E-state index contributed by atoms with van der Waals surface area (Å²) in [5, 5.41) is 16.8. The molecule has 3 aliphatic carbocycles. The molecule has 0 radical (unpaired) electrons. The maximum Gasteiger partial charge on any atom is 0.306 e. The summed E-state index contributed by atoms with van der Waals surface area (Å²) in [5.41, 5.74) is 3.86. The fourth-order valence-electron chi connectivity index (χ4n) is 5.60. The molecular weight excluding hydrogens is 452 g/mol. The summed E-state index contributed by atoms with van der Waals surface area (Å²) in [5.74, 6) is 0.0130. The minimum absolute atomic E-state index is 0.00462. The number of aliphatic carboxylic acids is 1. The van der Waals surface area contributed by atoms with E-state index in [4.69, 9.17) is 15.2 Å². The van der Waals surface area contributed by atoms with Crippen molar-refractivity contribution in [3.63, 3.8) is 0 Å². The molecule has 2 aromatic rings. The molecule has 3 fully saturated rings. The lowest BCUT2D eigenvalue weighted by atomic mass is 9.80. The summed E-state index contributed by atoms with van der Waals surface area (Å²) in [6, 6.07) is 6.70. The number of hydrogen-bond donors (Lipinski definition) is 2. The molecular formula is C29H40N4O3. The maximum absolute atomic E-state index is 13.1. The normalized spacial score (nSPS) is 23.7. The molecule has 2 N–H and O–H groups in total. The second kappa shape index (κ2) is 9.31. The van der Waals surface area contributed by atoms with Gasteiger partial charge in [-0.3, -0.25) is 9.59 Å². The molecule has 0 saturated heterocycles. The third-order valence-corrected chi connectivity index (χ3v) is 8.61. The minimum Gasteiger partial charge on any atom is -0.481 e. The number of carbonyl (C=O) groups is 2. The topological polar surface area (TPSA) is 97.1 Å². The van der Waals surface area contributed by atoms with Gasteiger partial charge in [-0.1, -0.05) is 53.0 Å². The highest BCUT2D eigenvalue weighted by molar-refractivity contribution is 5.91. The van der Waals surface area contributed by atoms with E-state index in [-0.39, 0.29) is 34.5 Å². The first-order valence-electron chi connectivity index (χ1n) is 13.7. The SMILES string of the molecule is CC(C)(C)c1cc(-c2nc(C(=O)NC3CC(C(=O)O)C3)nn2CC2CCCCC2)cc(C2(C)CC2)c1. The van der Waals surface area contributed by atoms with Gasteiger partial charge in [-0.25, -0.2) is 9.67 Å². The monoisotopic (exact) mass is 492 g/mol. The first kappa shape index (κ1) is 25.0. The minimum atomic E-state index is -0.795. The number of carboxylic acids is 1. The molecule has 194 valence electrons. The zero-order chi connectivity index (χ0) is 25.7. The van der Waals surface area contributed by atoms with E-state index in [1.54, 1.807) is 0 Å². The molecule has 1 amide bonds. The second-order valence-electron chi connectivity index (χ2n) is 12.7. The van der Waals surface area contributed by atoms with E-state index in [1.807, 2.05) is 4.68 Å². The Morgan fingerprint density at radius 3 is 2.42 bits per heavy atom. The van der Waals surface area contributed by atoms with E-state index in [0.29, 0.717) is 18.8 Å². The molecule has 0 bridgehead atoms. The molecule has 1 heterocycles. The quantitative estimate of drug-likeness (QED) is 0.534. The van der Waals surface area contributed by atoms with Crippen molar-refractivity contribution in [2.24, 2.45) is 11.8 Å². The molecule has 36 heavy (non-hydrogen) atoms. The molecule has 5 rings (SSSR count). The predicted octanol–water partition coefficient (Wildman–Crippen LogP) is 5.47. The third kappa shape index (κ3) is 5.21. The number of nitrogens with one attached hydrogen (secondary N) is 1. The Morgan fingerprint density at radius 2 is 1.81 bits per heavy atom. The van der Waals surface area contributed by atoms with E-state index >= 15 is 0 Å². The molecule has 0 unspecified atom stereocenters. The number of aromatic nitrogens is 3. The lowest BCUT2D eigenvalue weighted by Gasteiger charge is -2.32. The van der Waals surface area contributed by atoms with Gasteiger partial charge in [0.25, 0.3) is 5.91 Å². The average molecular weight is 493 g/mol. The third-order valence-electron chi connectivity index (χ3n) is 8.61. The molecule has 7 nitrogen and oxygen atoms in total. The summed E-state index contributed by atoms with van der Waals surface area (Å²) >= 11 is 0. The number of benzene rings is 1. The van der Waals surface area contributed by atoms with Gasteiger partial charge in [0.15, 0.2) is 5.82 Å². The van der Waals surface area contributed by atoms with Crippen molar-refractivity contribution in [3.05, 3.63) is 35.2 Å². The Hall–Kier alpha value is -2.70. The van der Waals surface area contributed by atoms with E-state index in [9.17, 15) is 9.59 Å². The maximum atomic E-state index is 13.1. The van der Waals surface area contributed by atoms with Crippen molar-refractivity contribution >= 4 is 11.9 Å². The highest BCUT2D eigenvalue weighted by Crippen LogP contribution is 2.49. The van der Waals surface area contributed by atoms with Gasteiger partial charge >= 0.3 is 5.97 Å². The van der Waals surface area contributed by atoms with Crippen molar-refractivity contribution in [2.45, 2.75) is 109 Å². The number of carboxylic acid groups (broad SMARTS) is 1. The van der Waals surface area contributed by atoms with Gasteiger partial charge in [0.05, 0.1) is 5.92 Å². The van der Waals surface area contributed by atoms with E-state index in [2.05, 4.69) is 51.2 Å². The van der Waals surface area contributed by atoms with Crippen LogP contribution in [0.3, 0.4) is 0 Å². The predicted molar refractivity (Wildman–Crippen MR) is 139 cm³/mol. The van der Waals surface area contributed by atoms with Crippen LogP contribution in [0.1, 0.15) is 107 Å². The van der Waals surface area contributed by atoms with Crippen LogP contribution in [-0.4, -0.2) is 37.8 Å². The molecule has 0 aliphatic heterocycles. The van der Waals surface area contributed by atoms with Crippen molar-refractivity contribution in [1.29, 1.82) is 0 Å². The van der Waals surface area contributed by atoms with Gasteiger partial charge in [0.1, 0.15) is 0 Å². The Kier molecular flexibility index (Phi) is 6.46. The zero-order valence-electron chi connectivity index (χ0n) is 22.1. The van der Waals surface area contributed by atoms with Gasteiger partial charge in [-0.2, -0.15) is 0 Å². The van der Waals surface area contributed by atoms with Crippen LogP contribution in [0.2, 0.25) is 0 Å². The fourth-order valence-corrected chi connectivity index (χ4v) is 5.60. The van der Waals surface area contributed by atoms with Crippen LogP contribution in [0, 0.1) is 11.8 Å². The molecule has 7 heteroatoms. The highest BCUT2D eigenvalue weighted by Gasteiger charge is 2.40. The Morgan fingerprint density at radius 1 is 1.11 bits per heavy atom. The molecule has 3 saturated carbocycles. The van der Waals surface area contributed by atoms with E-state index in [0.717, 1.165) is 17.9 Å². The molecule has 0 spiro atoms. The Bertz CT molecular complexity index is 1120. The summed E-state index contributed by atoms with van der Waals surface area (Å²) in [6.45, 7) is 9.80. The first-order chi connectivity index (χ1) is 17.0. The Balaban J connectivity index is 1.48. The van der Waals surface area contributed by atoms with Crippen LogP contribution >= 0.6 is 0 Å². The van der Waals surface area contributed by atoms with Gasteiger partial charge in [0, 0.05) is 18.2 Å². The van der Waals surface area contributed by atoms with Crippen LogP contribution in [0.4, 0.5) is 0 Å². The summed E-state index contributed by atoms with van der Waals surface area (Å²) in [7, 11) is 0. The van der Waals surface area contributed by atoms with Crippen LogP contribution in [-0.2, 0) is 22.2 Å². The molecule has 1 aromatic carbocycles. The van der Waals surface area contributed by atoms with Crippen molar-refractivity contribution in [3.8, 4) is 11.4 Å². The van der Waals surface area contributed by atoms with Gasteiger partial charge in [0.2, 0.25) is 5.82 Å². The second-order valence-corrected chi connectivity index (χ2v) is 12.7. The highest BCUT2D eigenvalue weighted by atomic mass is 16.4. The number of hydrogen-bond acceptors (Lipinski definition) is 4. The fraction of sp³-hybridized carbons (Fsp3) is 0.655.